The number of hydrogen-bond acceptors (Lipinski definition) is 5. The number of amides is 2. The lowest BCUT2D eigenvalue weighted by Crippen LogP contribution is -2.43. The zero-order valence-electron chi connectivity index (χ0n) is 18.1. The number of benzene rings is 2. The lowest BCUT2D eigenvalue weighted by atomic mass is 9.95. The average molecular weight is 460 g/mol. The topological polar surface area (TPSA) is 105 Å². The lowest BCUT2D eigenvalue weighted by molar-refractivity contribution is -0.136. The maximum Gasteiger partial charge on any atom is 0.260 e. The van der Waals surface area contributed by atoms with Crippen molar-refractivity contribution >= 4 is 33.2 Å². The van der Waals surface area contributed by atoms with Crippen LogP contribution in [0.15, 0.2) is 54.6 Å². The van der Waals surface area contributed by atoms with Gasteiger partial charge in [-0.1, -0.05) is 25.1 Å². The van der Waals surface area contributed by atoms with Gasteiger partial charge in [0.05, 0.1) is 5.75 Å². The number of nitrogens with one attached hydrogen (secondary N) is 2. The van der Waals surface area contributed by atoms with E-state index in [0.29, 0.717) is 49.5 Å². The normalized spacial score (nSPS) is 14.6. The third-order valence-electron chi connectivity index (χ3n) is 5.22. The lowest BCUT2D eigenvalue weighted by Gasteiger charge is -2.31. The van der Waals surface area contributed by atoms with E-state index in [4.69, 9.17) is 4.74 Å². The van der Waals surface area contributed by atoms with Crippen LogP contribution >= 0.6 is 0 Å². The molecule has 0 bridgehead atoms. The largest absolute Gasteiger partial charge is 0.484 e. The molecule has 32 heavy (non-hydrogen) atoms. The number of ether oxygens (including phenoxy) is 1. The molecule has 2 N–H and O–H groups in total. The molecule has 0 atom stereocenters. The Balaban J connectivity index is 1.43. The number of carbonyl (C=O) groups excluding carboxylic acids is 2. The molecule has 0 saturated carbocycles. The molecule has 0 radical (unpaired) electrons. The molecule has 0 unspecified atom stereocenters. The van der Waals surface area contributed by atoms with E-state index in [1.165, 1.54) is 0 Å². The molecule has 3 rings (SSSR count). The number of para-hydroxylation sites is 1. The van der Waals surface area contributed by atoms with Gasteiger partial charge in [-0.3, -0.25) is 14.3 Å². The van der Waals surface area contributed by atoms with Crippen molar-refractivity contribution in [2.45, 2.75) is 26.2 Å². The van der Waals surface area contributed by atoms with Gasteiger partial charge in [-0.2, -0.15) is 0 Å². The first-order valence-corrected chi connectivity index (χ1v) is 12.4. The van der Waals surface area contributed by atoms with E-state index in [9.17, 15) is 18.0 Å². The zero-order chi connectivity index (χ0) is 23.0. The Morgan fingerprint density at radius 1 is 1.00 bits per heavy atom. The highest BCUT2D eigenvalue weighted by Crippen LogP contribution is 2.21. The molecule has 2 amide bonds. The molecule has 0 aromatic heterocycles. The fourth-order valence-electron chi connectivity index (χ4n) is 3.51. The smallest absolute Gasteiger partial charge is 0.260 e. The number of sulfonamides is 1. The number of rotatable bonds is 9. The highest BCUT2D eigenvalue weighted by Gasteiger charge is 2.27. The van der Waals surface area contributed by atoms with Crippen LogP contribution in [0.2, 0.25) is 0 Å². The summed E-state index contributed by atoms with van der Waals surface area (Å²) in [6, 6.07) is 15.8. The second kappa shape index (κ2) is 11.0. The summed E-state index contributed by atoms with van der Waals surface area (Å²) in [5.41, 5.74) is 1.06. The summed E-state index contributed by atoms with van der Waals surface area (Å²) in [6.45, 7) is 2.80. The van der Waals surface area contributed by atoms with Crippen LogP contribution in [0.5, 0.6) is 5.75 Å². The van der Waals surface area contributed by atoms with Gasteiger partial charge in [-0.05, 0) is 55.7 Å². The van der Waals surface area contributed by atoms with Crippen molar-refractivity contribution in [1.82, 2.24) is 4.90 Å². The molecule has 1 fully saturated rings. The molecule has 1 heterocycles. The molecular weight excluding hydrogens is 430 g/mol. The molecule has 1 saturated heterocycles. The van der Waals surface area contributed by atoms with Gasteiger partial charge in [-0.25, -0.2) is 8.42 Å². The van der Waals surface area contributed by atoms with Gasteiger partial charge in [0.1, 0.15) is 5.75 Å². The maximum absolute atomic E-state index is 12.6. The molecule has 0 aliphatic carbocycles. The molecule has 8 nitrogen and oxygen atoms in total. The third kappa shape index (κ3) is 6.98. The van der Waals surface area contributed by atoms with Gasteiger partial charge in [0.15, 0.2) is 6.61 Å². The van der Waals surface area contributed by atoms with Crippen LogP contribution in [-0.2, 0) is 19.6 Å². The van der Waals surface area contributed by atoms with E-state index in [1.807, 2.05) is 18.2 Å². The Hall–Kier alpha value is -3.07. The third-order valence-corrected chi connectivity index (χ3v) is 6.72. The summed E-state index contributed by atoms with van der Waals surface area (Å²) in [4.78, 5) is 26.7. The first-order chi connectivity index (χ1) is 15.4. The Morgan fingerprint density at radius 2 is 1.62 bits per heavy atom. The summed E-state index contributed by atoms with van der Waals surface area (Å²) >= 11 is 0. The van der Waals surface area contributed by atoms with E-state index in [0.717, 1.165) is 0 Å². The maximum atomic E-state index is 12.6. The molecule has 0 spiro atoms. The van der Waals surface area contributed by atoms with Crippen molar-refractivity contribution in [3.63, 3.8) is 0 Å². The first-order valence-electron chi connectivity index (χ1n) is 10.7. The number of piperidine rings is 1. The SMILES string of the molecule is CCCS(=O)(=O)Nc1ccc(NC(=O)C2CCN(C(=O)COc3ccccc3)CC2)cc1. The number of nitrogens with zero attached hydrogens (tertiary/aromatic N) is 1. The van der Waals surface area contributed by atoms with E-state index in [2.05, 4.69) is 10.0 Å². The van der Waals surface area contributed by atoms with Gasteiger partial charge in [0.2, 0.25) is 15.9 Å². The zero-order valence-corrected chi connectivity index (χ0v) is 18.9. The predicted molar refractivity (Wildman–Crippen MR) is 124 cm³/mol. The van der Waals surface area contributed by atoms with E-state index >= 15 is 0 Å². The number of likely N-dealkylation sites (tertiary alicyclic amines) is 1. The fourth-order valence-corrected chi connectivity index (χ4v) is 4.64. The summed E-state index contributed by atoms with van der Waals surface area (Å²) in [5.74, 6) is 0.340. The van der Waals surface area contributed by atoms with Crippen molar-refractivity contribution in [1.29, 1.82) is 0 Å². The van der Waals surface area contributed by atoms with Crippen LogP contribution in [0, 0.1) is 5.92 Å². The summed E-state index contributed by atoms with van der Waals surface area (Å²) in [5, 5.41) is 2.87. The molecule has 9 heteroatoms. The van der Waals surface area contributed by atoms with Crippen LogP contribution in [0.25, 0.3) is 0 Å². The Morgan fingerprint density at radius 3 is 2.25 bits per heavy atom. The minimum Gasteiger partial charge on any atom is -0.484 e. The molecule has 1 aliphatic rings. The van der Waals surface area contributed by atoms with E-state index in [1.54, 1.807) is 48.2 Å². The van der Waals surface area contributed by atoms with Crippen molar-refractivity contribution in [3.05, 3.63) is 54.6 Å². The van der Waals surface area contributed by atoms with Crippen LogP contribution < -0.4 is 14.8 Å². The molecule has 2 aromatic carbocycles. The van der Waals surface area contributed by atoms with Crippen LogP contribution in [0.4, 0.5) is 11.4 Å². The fraction of sp³-hybridized carbons (Fsp3) is 0.391. The standard InChI is InChI=1S/C23H29N3O5S/c1-2-16-32(29,30)25-20-10-8-19(9-11-20)24-23(28)18-12-14-26(15-13-18)22(27)17-31-21-6-4-3-5-7-21/h3-11,18,25H,2,12-17H2,1H3,(H,24,28). The van der Waals surface area contributed by atoms with Crippen molar-refractivity contribution in [3.8, 4) is 5.75 Å². The highest BCUT2D eigenvalue weighted by atomic mass is 32.2. The Bertz CT molecular complexity index is 1000. The van der Waals surface area contributed by atoms with E-state index in [-0.39, 0.29) is 30.1 Å². The molecule has 172 valence electrons. The summed E-state index contributed by atoms with van der Waals surface area (Å²) < 4.78 is 31.7. The minimum atomic E-state index is -3.35. The van der Waals surface area contributed by atoms with Gasteiger partial charge >= 0.3 is 0 Å². The van der Waals surface area contributed by atoms with Crippen LogP contribution in [0.1, 0.15) is 26.2 Å². The van der Waals surface area contributed by atoms with Crippen LogP contribution in [0.3, 0.4) is 0 Å². The Kier molecular flexibility index (Phi) is 8.10. The quantitative estimate of drug-likeness (QED) is 0.600. The van der Waals surface area contributed by atoms with Crippen LogP contribution in [-0.4, -0.2) is 50.6 Å². The minimum absolute atomic E-state index is 0.0186. The molecule has 1 aliphatic heterocycles. The van der Waals surface area contributed by atoms with E-state index < -0.39 is 10.0 Å². The van der Waals surface area contributed by atoms with Gasteiger partial charge < -0.3 is 15.0 Å². The summed E-state index contributed by atoms with van der Waals surface area (Å²) in [7, 11) is -3.35. The monoisotopic (exact) mass is 459 g/mol. The molecular formula is C23H29N3O5S. The van der Waals surface area contributed by atoms with Crippen molar-refractivity contribution < 1.29 is 22.7 Å². The summed E-state index contributed by atoms with van der Waals surface area (Å²) in [6.07, 6.45) is 1.70. The first kappa shape index (κ1) is 23.6. The second-order valence-corrected chi connectivity index (χ2v) is 9.59. The van der Waals surface area contributed by atoms with Gasteiger partial charge in [-0.15, -0.1) is 0 Å². The van der Waals surface area contributed by atoms with Gasteiger partial charge in [0, 0.05) is 30.4 Å². The van der Waals surface area contributed by atoms with Gasteiger partial charge in [0.25, 0.3) is 5.91 Å². The van der Waals surface area contributed by atoms with Crippen molar-refractivity contribution in [2.75, 3.05) is 35.5 Å². The predicted octanol–water partition coefficient (Wildman–Crippen LogP) is 3.09. The highest BCUT2D eigenvalue weighted by molar-refractivity contribution is 7.92. The Labute approximate surface area is 189 Å². The number of carbonyl (C=O) groups is 2. The molecule has 2 aromatic rings. The number of hydrogen-bond donors (Lipinski definition) is 2. The average Bonchev–Trinajstić information content (AvgIpc) is 2.79. The second-order valence-electron chi connectivity index (χ2n) is 7.74. The number of anilines is 2. The van der Waals surface area contributed by atoms with Crippen molar-refractivity contribution in [2.24, 2.45) is 5.92 Å².